The van der Waals surface area contributed by atoms with E-state index in [0.717, 1.165) is 16.1 Å². The first-order chi connectivity index (χ1) is 18.9. The van der Waals surface area contributed by atoms with Crippen LogP contribution in [0.4, 0.5) is 10.1 Å². The second kappa shape index (κ2) is 14.0. The van der Waals surface area contributed by atoms with Gasteiger partial charge < -0.3 is 10.2 Å². The number of sulfonamides is 1. The first-order valence-corrected chi connectivity index (χ1v) is 15.3. The Morgan fingerprint density at radius 1 is 0.950 bits per heavy atom. The molecule has 7 nitrogen and oxygen atoms in total. The van der Waals surface area contributed by atoms with Crippen LogP contribution in [-0.2, 0) is 32.6 Å². The molecule has 0 saturated carbocycles. The number of amides is 2. The summed E-state index contributed by atoms with van der Waals surface area (Å²) in [7, 11) is -4.00. The van der Waals surface area contributed by atoms with E-state index in [1.807, 2.05) is 44.2 Å². The van der Waals surface area contributed by atoms with Crippen LogP contribution < -0.4 is 9.62 Å². The average Bonchev–Trinajstić information content (AvgIpc) is 2.91. The van der Waals surface area contributed by atoms with Crippen molar-refractivity contribution in [2.75, 3.05) is 17.1 Å². The van der Waals surface area contributed by atoms with Gasteiger partial charge in [0.2, 0.25) is 21.8 Å². The molecule has 1 N–H and O–H groups in total. The Morgan fingerprint density at radius 3 is 2.20 bits per heavy atom. The first-order valence-electron chi connectivity index (χ1n) is 12.7. The minimum absolute atomic E-state index is 0.0252. The molecule has 0 aliphatic rings. The number of nitrogens with one attached hydrogen (secondary N) is 1. The lowest BCUT2D eigenvalue weighted by Crippen LogP contribution is -2.54. The van der Waals surface area contributed by atoms with Gasteiger partial charge in [0, 0.05) is 19.0 Å². The highest BCUT2D eigenvalue weighted by atomic mass is 35.5. The van der Waals surface area contributed by atoms with Gasteiger partial charge in [-0.25, -0.2) is 12.8 Å². The summed E-state index contributed by atoms with van der Waals surface area (Å²) < 4.78 is 40.2. The van der Waals surface area contributed by atoms with Crippen molar-refractivity contribution in [2.24, 2.45) is 0 Å². The van der Waals surface area contributed by atoms with Crippen LogP contribution in [-0.4, -0.2) is 50.0 Å². The lowest BCUT2D eigenvalue weighted by molar-refractivity contribution is -0.140. The maximum atomic E-state index is 14.0. The van der Waals surface area contributed by atoms with Crippen LogP contribution in [0.1, 0.15) is 31.4 Å². The summed E-state index contributed by atoms with van der Waals surface area (Å²) in [5.74, 6) is -1.48. The zero-order valence-corrected chi connectivity index (χ0v) is 24.8. The fourth-order valence-electron chi connectivity index (χ4n) is 4.06. The lowest BCUT2D eigenvalue weighted by atomic mass is 10.0. The van der Waals surface area contributed by atoms with Crippen molar-refractivity contribution in [1.29, 1.82) is 0 Å². The summed E-state index contributed by atoms with van der Waals surface area (Å²) in [6.07, 6.45) is 1.80. The number of carbonyl (C=O) groups is 2. The maximum absolute atomic E-state index is 14.0. The van der Waals surface area contributed by atoms with E-state index in [4.69, 9.17) is 23.2 Å². The molecule has 0 aliphatic heterocycles. The Balaban J connectivity index is 2.08. The molecule has 2 unspecified atom stereocenters. The molecule has 0 spiro atoms. The number of nitrogens with zero attached hydrogens (tertiary/aromatic N) is 2. The molecule has 40 heavy (non-hydrogen) atoms. The van der Waals surface area contributed by atoms with Gasteiger partial charge in [-0.2, -0.15) is 0 Å². The molecular formula is C29H32Cl2FN3O4S. The largest absolute Gasteiger partial charge is 0.352 e. The summed E-state index contributed by atoms with van der Waals surface area (Å²) >= 11 is 12.5. The number of anilines is 1. The molecule has 11 heteroatoms. The van der Waals surface area contributed by atoms with E-state index in [-0.39, 0.29) is 40.6 Å². The van der Waals surface area contributed by atoms with E-state index in [2.05, 4.69) is 5.32 Å². The molecule has 2 atom stereocenters. The van der Waals surface area contributed by atoms with Crippen LogP contribution in [0.2, 0.25) is 10.0 Å². The van der Waals surface area contributed by atoms with Gasteiger partial charge in [0.1, 0.15) is 18.4 Å². The SMILES string of the molecule is CCC(C)NC(=O)C(Cc1ccccc1)N(Cc1ccc(F)cc1)C(=O)CN(c1cccc(Cl)c1Cl)S(C)(=O)=O. The van der Waals surface area contributed by atoms with Crippen molar-refractivity contribution in [1.82, 2.24) is 10.2 Å². The minimum atomic E-state index is -4.00. The number of halogens is 3. The van der Waals surface area contributed by atoms with Crippen LogP contribution in [0.25, 0.3) is 0 Å². The predicted molar refractivity (Wildman–Crippen MR) is 157 cm³/mol. The molecule has 0 fully saturated rings. The summed E-state index contributed by atoms with van der Waals surface area (Å²) in [5, 5.41) is 3.05. The lowest BCUT2D eigenvalue weighted by Gasteiger charge is -2.34. The summed E-state index contributed by atoms with van der Waals surface area (Å²) in [6.45, 7) is 3.08. The molecule has 214 valence electrons. The standard InChI is InChI=1S/C29H32Cl2FN3O4S/c1-4-20(2)33-29(37)26(17-21-9-6-5-7-10-21)34(18-22-13-15-23(32)16-14-22)27(36)19-35(40(3,38)39)25-12-8-11-24(30)28(25)31/h5-16,20,26H,4,17-19H2,1-3H3,(H,33,37). The van der Waals surface area contributed by atoms with Gasteiger partial charge in [-0.15, -0.1) is 0 Å². The molecule has 0 aromatic heterocycles. The maximum Gasteiger partial charge on any atom is 0.244 e. The van der Waals surface area contributed by atoms with Gasteiger partial charge >= 0.3 is 0 Å². The second-order valence-electron chi connectivity index (χ2n) is 9.51. The third kappa shape index (κ3) is 8.43. The van der Waals surface area contributed by atoms with Crippen molar-refractivity contribution in [3.05, 3.63) is 99.8 Å². The summed E-state index contributed by atoms with van der Waals surface area (Å²) in [4.78, 5) is 29.0. The Hall–Kier alpha value is -3.14. The van der Waals surface area contributed by atoms with Gasteiger partial charge in [0.25, 0.3) is 0 Å². The third-order valence-electron chi connectivity index (χ3n) is 6.42. The van der Waals surface area contributed by atoms with Gasteiger partial charge in [-0.3, -0.25) is 13.9 Å². The smallest absolute Gasteiger partial charge is 0.244 e. The average molecular weight is 609 g/mol. The Morgan fingerprint density at radius 2 is 1.60 bits per heavy atom. The zero-order chi connectivity index (χ0) is 29.4. The molecule has 3 aromatic carbocycles. The van der Waals surface area contributed by atoms with E-state index in [9.17, 15) is 22.4 Å². The normalized spacial score (nSPS) is 12.8. The highest BCUT2D eigenvalue weighted by molar-refractivity contribution is 7.92. The van der Waals surface area contributed by atoms with Crippen molar-refractivity contribution < 1.29 is 22.4 Å². The topological polar surface area (TPSA) is 86.8 Å². The van der Waals surface area contributed by atoms with Crippen molar-refractivity contribution in [3.8, 4) is 0 Å². The highest BCUT2D eigenvalue weighted by Gasteiger charge is 2.34. The highest BCUT2D eigenvalue weighted by Crippen LogP contribution is 2.34. The van der Waals surface area contributed by atoms with Crippen LogP contribution in [0.15, 0.2) is 72.8 Å². The molecule has 3 rings (SSSR count). The van der Waals surface area contributed by atoms with E-state index < -0.39 is 34.3 Å². The molecule has 3 aromatic rings. The van der Waals surface area contributed by atoms with Gasteiger partial charge in [0.05, 0.1) is 22.0 Å². The zero-order valence-electron chi connectivity index (χ0n) is 22.5. The van der Waals surface area contributed by atoms with Gasteiger partial charge in [-0.05, 0) is 48.7 Å². The van der Waals surface area contributed by atoms with Crippen LogP contribution in [0.3, 0.4) is 0 Å². The van der Waals surface area contributed by atoms with E-state index in [1.54, 1.807) is 0 Å². The minimum Gasteiger partial charge on any atom is -0.352 e. The first kappa shape index (κ1) is 31.4. The molecule has 0 heterocycles. The van der Waals surface area contributed by atoms with Crippen molar-refractivity contribution in [3.63, 3.8) is 0 Å². The molecule has 2 amide bonds. The van der Waals surface area contributed by atoms with E-state index in [0.29, 0.717) is 12.0 Å². The Kier molecular flexibility index (Phi) is 11.0. The number of hydrogen-bond acceptors (Lipinski definition) is 4. The van der Waals surface area contributed by atoms with E-state index in [1.165, 1.54) is 47.4 Å². The molecule has 0 radical (unpaired) electrons. The number of hydrogen-bond donors (Lipinski definition) is 1. The fourth-order valence-corrected chi connectivity index (χ4v) is 5.36. The Labute approximate surface area is 244 Å². The summed E-state index contributed by atoms with van der Waals surface area (Å²) in [6, 6.07) is 18.1. The number of rotatable bonds is 12. The van der Waals surface area contributed by atoms with Gasteiger partial charge in [0.15, 0.2) is 0 Å². The van der Waals surface area contributed by atoms with Crippen molar-refractivity contribution in [2.45, 2.75) is 45.3 Å². The summed E-state index contributed by atoms with van der Waals surface area (Å²) in [5.41, 5.74) is 1.41. The van der Waals surface area contributed by atoms with Crippen LogP contribution >= 0.6 is 23.2 Å². The quantitative estimate of drug-likeness (QED) is 0.296. The molecule has 0 aliphatic carbocycles. The van der Waals surface area contributed by atoms with Crippen molar-refractivity contribution >= 4 is 50.7 Å². The number of benzene rings is 3. The molecule has 0 saturated heterocycles. The predicted octanol–water partition coefficient (Wildman–Crippen LogP) is 5.45. The second-order valence-corrected chi connectivity index (χ2v) is 12.2. The number of carbonyl (C=O) groups excluding carboxylic acids is 2. The molecule has 0 bridgehead atoms. The Bertz CT molecular complexity index is 1420. The third-order valence-corrected chi connectivity index (χ3v) is 8.35. The van der Waals surface area contributed by atoms with Crippen LogP contribution in [0, 0.1) is 5.82 Å². The van der Waals surface area contributed by atoms with Crippen LogP contribution in [0.5, 0.6) is 0 Å². The van der Waals surface area contributed by atoms with E-state index >= 15 is 0 Å². The van der Waals surface area contributed by atoms with Gasteiger partial charge in [-0.1, -0.05) is 78.7 Å². The molecular weight excluding hydrogens is 576 g/mol. The fraction of sp³-hybridized carbons (Fsp3) is 0.310. The monoisotopic (exact) mass is 607 g/mol.